The lowest BCUT2D eigenvalue weighted by atomic mass is 10.2. The molecule has 0 atom stereocenters. The molecule has 0 fully saturated rings. The minimum absolute atomic E-state index is 0.159. The van der Waals surface area contributed by atoms with E-state index in [4.69, 9.17) is 4.42 Å². The molecule has 0 radical (unpaired) electrons. The summed E-state index contributed by atoms with van der Waals surface area (Å²) in [5.74, 6) is 0.533. The molecule has 0 spiro atoms. The minimum Gasteiger partial charge on any atom is -0.467 e. The van der Waals surface area contributed by atoms with Crippen molar-refractivity contribution in [3.63, 3.8) is 0 Å². The predicted molar refractivity (Wildman–Crippen MR) is 96.7 cm³/mol. The van der Waals surface area contributed by atoms with Crippen molar-refractivity contribution < 1.29 is 14.0 Å². The lowest BCUT2D eigenvalue weighted by molar-refractivity contribution is -0.113. The van der Waals surface area contributed by atoms with Gasteiger partial charge in [-0.05, 0) is 36.4 Å². The maximum atomic E-state index is 12.1. The fourth-order valence-electron chi connectivity index (χ4n) is 2.12. The molecule has 0 saturated heterocycles. The van der Waals surface area contributed by atoms with E-state index in [-0.39, 0.29) is 17.6 Å². The molecule has 134 valence electrons. The Kier molecular flexibility index (Phi) is 5.69. The standard InChI is InChI=1S/C17H17N5O3S/c1-22-11-19-21-17(22)26-10-15(23)20-13-6-4-12(5-7-13)16(24)18-9-14-3-2-8-25-14/h2-8,11H,9-10H2,1H3,(H,18,24)(H,20,23). The number of carbonyl (C=O) groups is 2. The van der Waals surface area contributed by atoms with Gasteiger partial charge < -0.3 is 19.6 Å². The molecular weight excluding hydrogens is 354 g/mol. The zero-order chi connectivity index (χ0) is 18.4. The summed E-state index contributed by atoms with van der Waals surface area (Å²) in [4.78, 5) is 24.1. The Bertz CT molecular complexity index is 874. The van der Waals surface area contributed by atoms with E-state index in [2.05, 4.69) is 20.8 Å². The van der Waals surface area contributed by atoms with Crippen LogP contribution in [0.15, 0.2) is 58.6 Å². The number of benzene rings is 1. The molecule has 3 aromatic rings. The van der Waals surface area contributed by atoms with Crippen LogP contribution in [-0.2, 0) is 18.4 Å². The smallest absolute Gasteiger partial charge is 0.251 e. The quantitative estimate of drug-likeness (QED) is 0.617. The molecule has 0 aliphatic carbocycles. The second kappa shape index (κ2) is 8.34. The highest BCUT2D eigenvalue weighted by Gasteiger charge is 2.09. The average Bonchev–Trinajstić information content (AvgIpc) is 3.30. The molecule has 2 aromatic heterocycles. The van der Waals surface area contributed by atoms with Crippen LogP contribution in [0, 0.1) is 0 Å². The number of thioether (sulfide) groups is 1. The fraction of sp³-hybridized carbons (Fsp3) is 0.176. The van der Waals surface area contributed by atoms with Gasteiger partial charge in [-0.3, -0.25) is 9.59 Å². The number of hydrogen-bond donors (Lipinski definition) is 2. The molecule has 0 aliphatic heterocycles. The monoisotopic (exact) mass is 371 g/mol. The summed E-state index contributed by atoms with van der Waals surface area (Å²) in [6.45, 7) is 0.323. The first-order valence-electron chi connectivity index (χ1n) is 7.79. The summed E-state index contributed by atoms with van der Waals surface area (Å²) in [5.41, 5.74) is 1.12. The molecule has 0 saturated carbocycles. The Morgan fingerprint density at radius 3 is 2.69 bits per heavy atom. The van der Waals surface area contributed by atoms with Crippen LogP contribution in [-0.4, -0.2) is 32.3 Å². The van der Waals surface area contributed by atoms with Crippen molar-refractivity contribution in [2.45, 2.75) is 11.7 Å². The van der Waals surface area contributed by atoms with Gasteiger partial charge in [0, 0.05) is 18.3 Å². The Morgan fingerprint density at radius 2 is 2.04 bits per heavy atom. The van der Waals surface area contributed by atoms with Crippen LogP contribution in [0.3, 0.4) is 0 Å². The van der Waals surface area contributed by atoms with E-state index in [1.165, 1.54) is 11.8 Å². The van der Waals surface area contributed by atoms with Crippen LogP contribution in [0.1, 0.15) is 16.1 Å². The summed E-state index contributed by atoms with van der Waals surface area (Å²) < 4.78 is 6.91. The van der Waals surface area contributed by atoms with Crippen molar-refractivity contribution in [1.82, 2.24) is 20.1 Å². The van der Waals surface area contributed by atoms with Gasteiger partial charge in [-0.25, -0.2) is 0 Å². The van der Waals surface area contributed by atoms with Gasteiger partial charge in [0.05, 0.1) is 18.6 Å². The maximum absolute atomic E-state index is 12.1. The topological polar surface area (TPSA) is 102 Å². The van der Waals surface area contributed by atoms with Crippen molar-refractivity contribution in [1.29, 1.82) is 0 Å². The molecular formula is C17H17N5O3S. The Hall–Kier alpha value is -3.07. The summed E-state index contributed by atoms with van der Waals surface area (Å²) in [6, 6.07) is 10.2. The number of nitrogens with one attached hydrogen (secondary N) is 2. The Balaban J connectivity index is 1.48. The molecule has 9 heteroatoms. The van der Waals surface area contributed by atoms with Crippen LogP contribution < -0.4 is 10.6 Å². The van der Waals surface area contributed by atoms with Gasteiger partial charge in [0.2, 0.25) is 5.91 Å². The second-order valence-electron chi connectivity index (χ2n) is 5.40. The Labute approximate surface area is 154 Å². The van der Waals surface area contributed by atoms with Crippen LogP contribution in [0.4, 0.5) is 5.69 Å². The van der Waals surface area contributed by atoms with Crippen LogP contribution in [0.5, 0.6) is 0 Å². The highest BCUT2D eigenvalue weighted by atomic mass is 32.2. The van der Waals surface area contributed by atoms with Gasteiger partial charge in [0.25, 0.3) is 5.91 Å². The van der Waals surface area contributed by atoms with E-state index in [0.29, 0.717) is 28.7 Å². The van der Waals surface area contributed by atoms with Gasteiger partial charge in [-0.1, -0.05) is 11.8 Å². The van der Waals surface area contributed by atoms with Gasteiger partial charge in [-0.15, -0.1) is 10.2 Å². The number of carbonyl (C=O) groups excluding carboxylic acids is 2. The number of amides is 2. The third kappa shape index (κ3) is 4.73. The highest BCUT2D eigenvalue weighted by Crippen LogP contribution is 2.15. The van der Waals surface area contributed by atoms with Gasteiger partial charge in [0.15, 0.2) is 5.16 Å². The maximum Gasteiger partial charge on any atom is 0.251 e. The molecule has 2 amide bonds. The van der Waals surface area contributed by atoms with Gasteiger partial charge >= 0.3 is 0 Å². The van der Waals surface area contributed by atoms with E-state index in [1.54, 1.807) is 53.6 Å². The summed E-state index contributed by atoms with van der Waals surface area (Å²) in [7, 11) is 1.82. The SMILES string of the molecule is Cn1cnnc1SCC(=O)Nc1ccc(C(=O)NCc2ccco2)cc1. The number of anilines is 1. The first kappa shape index (κ1) is 17.7. The number of aryl methyl sites for hydroxylation is 1. The van der Waals surface area contributed by atoms with Gasteiger partial charge in [-0.2, -0.15) is 0 Å². The molecule has 1 aromatic carbocycles. The molecule has 2 heterocycles. The first-order chi connectivity index (χ1) is 12.6. The Morgan fingerprint density at radius 1 is 1.23 bits per heavy atom. The fourth-order valence-corrected chi connectivity index (χ4v) is 2.81. The van der Waals surface area contributed by atoms with Crippen molar-refractivity contribution >= 4 is 29.3 Å². The van der Waals surface area contributed by atoms with E-state index in [1.807, 2.05) is 7.05 Å². The molecule has 8 nitrogen and oxygen atoms in total. The number of aromatic nitrogens is 3. The third-order valence-corrected chi connectivity index (χ3v) is 4.47. The molecule has 0 aliphatic rings. The summed E-state index contributed by atoms with van der Waals surface area (Å²) in [6.07, 6.45) is 3.14. The van der Waals surface area contributed by atoms with E-state index >= 15 is 0 Å². The van der Waals surface area contributed by atoms with Crippen molar-refractivity contribution in [2.24, 2.45) is 7.05 Å². The van der Waals surface area contributed by atoms with Crippen molar-refractivity contribution in [2.75, 3.05) is 11.1 Å². The number of furan rings is 1. The zero-order valence-electron chi connectivity index (χ0n) is 14.0. The van der Waals surface area contributed by atoms with Crippen LogP contribution in [0.25, 0.3) is 0 Å². The zero-order valence-corrected chi connectivity index (χ0v) is 14.8. The lowest BCUT2D eigenvalue weighted by Crippen LogP contribution is -2.22. The number of hydrogen-bond acceptors (Lipinski definition) is 6. The predicted octanol–water partition coefficient (Wildman–Crippen LogP) is 2.07. The third-order valence-electron chi connectivity index (χ3n) is 3.44. The van der Waals surface area contributed by atoms with Gasteiger partial charge in [0.1, 0.15) is 12.1 Å². The molecule has 3 rings (SSSR count). The molecule has 0 unspecified atom stereocenters. The van der Waals surface area contributed by atoms with E-state index in [9.17, 15) is 9.59 Å². The van der Waals surface area contributed by atoms with Crippen LogP contribution in [0.2, 0.25) is 0 Å². The lowest BCUT2D eigenvalue weighted by Gasteiger charge is -2.07. The number of rotatable bonds is 7. The van der Waals surface area contributed by atoms with E-state index in [0.717, 1.165) is 0 Å². The average molecular weight is 371 g/mol. The summed E-state index contributed by atoms with van der Waals surface area (Å²) in [5, 5.41) is 13.9. The molecule has 2 N–H and O–H groups in total. The second-order valence-corrected chi connectivity index (χ2v) is 6.34. The normalized spacial score (nSPS) is 10.5. The van der Waals surface area contributed by atoms with Crippen molar-refractivity contribution in [3.8, 4) is 0 Å². The van der Waals surface area contributed by atoms with E-state index < -0.39 is 0 Å². The first-order valence-corrected chi connectivity index (χ1v) is 8.77. The minimum atomic E-state index is -0.211. The summed E-state index contributed by atoms with van der Waals surface area (Å²) >= 11 is 1.30. The molecule has 26 heavy (non-hydrogen) atoms. The number of nitrogens with zero attached hydrogens (tertiary/aromatic N) is 3. The van der Waals surface area contributed by atoms with Crippen LogP contribution >= 0.6 is 11.8 Å². The highest BCUT2D eigenvalue weighted by molar-refractivity contribution is 7.99. The van der Waals surface area contributed by atoms with Crippen molar-refractivity contribution in [3.05, 3.63) is 60.3 Å². The largest absolute Gasteiger partial charge is 0.467 e. The molecule has 0 bridgehead atoms.